The molecule has 0 aromatic heterocycles. The van der Waals surface area contributed by atoms with E-state index in [9.17, 15) is 4.79 Å². The number of benzene rings is 1. The van der Waals surface area contributed by atoms with Gasteiger partial charge in [-0.05, 0) is 23.8 Å². The van der Waals surface area contributed by atoms with Crippen molar-refractivity contribution in [3.63, 3.8) is 0 Å². The molecule has 1 aliphatic rings. The lowest BCUT2D eigenvalue weighted by Crippen LogP contribution is -1.99. The Bertz CT molecular complexity index is 413. The van der Waals surface area contributed by atoms with E-state index in [1.807, 2.05) is 0 Å². The summed E-state index contributed by atoms with van der Waals surface area (Å²) in [5.74, 6) is -0.332. The molecule has 72 valence electrons. The Morgan fingerprint density at radius 2 is 2.00 bits per heavy atom. The molecular formula is C10H6Cl2O2. The van der Waals surface area contributed by atoms with E-state index in [-0.39, 0.29) is 12.1 Å². The first-order chi connectivity index (χ1) is 6.66. The van der Waals surface area contributed by atoms with Crippen molar-refractivity contribution in [1.29, 1.82) is 0 Å². The molecule has 0 fully saturated rings. The SMILES string of the molecule is O=C1C=CC(c2ccc(Cl)c(Cl)c2)O1. The van der Waals surface area contributed by atoms with Crippen LogP contribution in [0, 0.1) is 0 Å². The van der Waals surface area contributed by atoms with Gasteiger partial charge >= 0.3 is 5.97 Å². The third-order valence-corrected chi connectivity index (χ3v) is 2.66. The van der Waals surface area contributed by atoms with E-state index in [1.165, 1.54) is 6.08 Å². The molecule has 1 heterocycles. The molecule has 4 heteroatoms. The van der Waals surface area contributed by atoms with Gasteiger partial charge in [-0.15, -0.1) is 0 Å². The monoisotopic (exact) mass is 228 g/mol. The van der Waals surface area contributed by atoms with E-state index in [4.69, 9.17) is 27.9 Å². The number of esters is 1. The lowest BCUT2D eigenvalue weighted by molar-refractivity contribution is -0.138. The molecular weight excluding hydrogens is 223 g/mol. The highest BCUT2D eigenvalue weighted by Gasteiger charge is 2.18. The fraction of sp³-hybridized carbons (Fsp3) is 0.100. The zero-order valence-corrected chi connectivity index (χ0v) is 8.55. The van der Waals surface area contributed by atoms with E-state index in [0.29, 0.717) is 10.0 Å². The first kappa shape index (κ1) is 9.56. The number of halogens is 2. The molecule has 2 nitrogen and oxygen atoms in total. The molecule has 1 aliphatic heterocycles. The highest BCUT2D eigenvalue weighted by atomic mass is 35.5. The van der Waals surface area contributed by atoms with Crippen molar-refractivity contribution in [3.8, 4) is 0 Å². The predicted octanol–water partition coefficient (Wildman–Crippen LogP) is 3.15. The Labute approximate surface area is 91.1 Å². The highest BCUT2D eigenvalue weighted by molar-refractivity contribution is 6.42. The summed E-state index contributed by atoms with van der Waals surface area (Å²) >= 11 is 11.6. The van der Waals surface area contributed by atoms with Gasteiger partial charge in [-0.1, -0.05) is 29.3 Å². The van der Waals surface area contributed by atoms with Crippen molar-refractivity contribution >= 4 is 29.2 Å². The Hall–Kier alpha value is -0.990. The Morgan fingerprint density at radius 1 is 1.21 bits per heavy atom. The maximum Gasteiger partial charge on any atom is 0.331 e. The summed E-state index contributed by atoms with van der Waals surface area (Å²) in [4.78, 5) is 10.8. The van der Waals surface area contributed by atoms with Crippen LogP contribution in [0.15, 0.2) is 30.4 Å². The van der Waals surface area contributed by atoms with Gasteiger partial charge in [0.2, 0.25) is 0 Å². The third kappa shape index (κ3) is 1.76. The maximum atomic E-state index is 10.8. The summed E-state index contributed by atoms with van der Waals surface area (Å²) in [6, 6.07) is 5.15. The van der Waals surface area contributed by atoms with Crippen molar-refractivity contribution < 1.29 is 9.53 Å². The maximum absolute atomic E-state index is 10.8. The number of cyclic esters (lactones) is 1. The van der Waals surface area contributed by atoms with Gasteiger partial charge in [0.1, 0.15) is 6.10 Å². The first-order valence-electron chi connectivity index (χ1n) is 4.00. The number of carbonyl (C=O) groups is 1. The van der Waals surface area contributed by atoms with Crippen molar-refractivity contribution in [2.45, 2.75) is 6.10 Å². The van der Waals surface area contributed by atoms with Gasteiger partial charge in [0, 0.05) is 6.08 Å². The number of hydrogen-bond donors (Lipinski definition) is 0. The van der Waals surface area contributed by atoms with Crippen LogP contribution in [-0.2, 0) is 9.53 Å². The minimum Gasteiger partial charge on any atom is -0.450 e. The van der Waals surface area contributed by atoms with E-state index in [0.717, 1.165) is 5.56 Å². The second kappa shape index (κ2) is 3.64. The fourth-order valence-corrected chi connectivity index (χ4v) is 1.54. The molecule has 1 aromatic rings. The molecule has 2 rings (SSSR count). The summed E-state index contributed by atoms with van der Waals surface area (Å²) < 4.78 is 4.99. The largest absolute Gasteiger partial charge is 0.450 e. The molecule has 0 bridgehead atoms. The van der Waals surface area contributed by atoms with Crippen molar-refractivity contribution in [1.82, 2.24) is 0 Å². The van der Waals surface area contributed by atoms with Gasteiger partial charge < -0.3 is 4.74 Å². The Kier molecular flexibility index (Phi) is 2.48. The van der Waals surface area contributed by atoms with Gasteiger partial charge in [-0.25, -0.2) is 4.79 Å². The molecule has 1 atom stereocenters. The lowest BCUT2D eigenvalue weighted by atomic mass is 10.1. The van der Waals surface area contributed by atoms with E-state index < -0.39 is 0 Å². The molecule has 0 amide bonds. The van der Waals surface area contributed by atoms with Crippen molar-refractivity contribution in [2.75, 3.05) is 0 Å². The second-order valence-electron chi connectivity index (χ2n) is 2.89. The van der Waals surface area contributed by atoms with E-state index >= 15 is 0 Å². The van der Waals surface area contributed by atoms with Gasteiger partial charge in [0.05, 0.1) is 10.0 Å². The quantitative estimate of drug-likeness (QED) is 0.691. The standard InChI is InChI=1S/C10H6Cl2O2/c11-7-2-1-6(5-8(7)12)9-3-4-10(13)14-9/h1-5,9H. The molecule has 0 saturated carbocycles. The van der Waals surface area contributed by atoms with Crippen LogP contribution in [0.5, 0.6) is 0 Å². The molecule has 0 radical (unpaired) electrons. The second-order valence-corrected chi connectivity index (χ2v) is 3.70. The van der Waals surface area contributed by atoms with Crippen LogP contribution in [-0.4, -0.2) is 5.97 Å². The summed E-state index contributed by atoms with van der Waals surface area (Å²) in [6.07, 6.45) is 2.74. The van der Waals surface area contributed by atoms with Crippen LogP contribution < -0.4 is 0 Å². The van der Waals surface area contributed by atoms with Crippen LogP contribution in [0.2, 0.25) is 10.0 Å². The average Bonchev–Trinajstić information content (AvgIpc) is 2.57. The van der Waals surface area contributed by atoms with Gasteiger partial charge in [-0.2, -0.15) is 0 Å². The van der Waals surface area contributed by atoms with Gasteiger partial charge in [-0.3, -0.25) is 0 Å². The summed E-state index contributed by atoms with van der Waals surface area (Å²) in [5.41, 5.74) is 0.821. The first-order valence-corrected chi connectivity index (χ1v) is 4.76. The Morgan fingerprint density at radius 3 is 2.57 bits per heavy atom. The minimum atomic E-state index is -0.336. The smallest absolute Gasteiger partial charge is 0.331 e. The molecule has 0 spiro atoms. The third-order valence-electron chi connectivity index (χ3n) is 1.92. The molecule has 1 unspecified atom stereocenters. The zero-order chi connectivity index (χ0) is 10.1. The average molecular weight is 229 g/mol. The van der Waals surface area contributed by atoms with E-state index in [2.05, 4.69) is 0 Å². The van der Waals surface area contributed by atoms with Crippen LogP contribution in [0.1, 0.15) is 11.7 Å². The molecule has 14 heavy (non-hydrogen) atoms. The Balaban J connectivity index is 2.30. The number of ether oxygens (including phenoxy) is 1. The van der Waals surface area contributed by atoms with Crippen molar-refractivity contribution in [3.05, 3.63) is 46.0 Å². The van der Waals surface area contributed by atoms with Crippen LogP contribution in [0.3, 0.4) is 0 Å². The zero-order valence-electron chi connectivity index (χ0n) is 7.04. The number of rotatable bonds is 1. The predicted molar refractivity (Wildman–Crippen MR) is 54.4 cm³/mol. The summed E-state index contributed by atoms with van der Waals surface area (Å²) in [7, 11) is 0. The summed E-state index contributed by atoms with van der Waals surface area (Å²) in [6.45, 7) is 0. The highest BCUT2D eigenvalue weighted by Crippen LogP contribution is 2.29. The molecule has 0 N–H and O–H groups in total. The number of hydrogen-bond acceptors (Lipinski definition) is 2. The van der Waals surface area contributed by atoms with Gasteiger partial charge in [0.25, 0.3) is 0 Å². The van der Waals surface area contributed by atoms with Crippen molar-refractivity contribution in [2.24, 2.45) is 0 Å². The van der Waals surface area contributed by atoms with Crippen LogP contribution >= 0.6 is 23.2 Å². The van der Waals surface area contributed by atoms with Crippen LogP contribution in [0.25, 0.3) is 0 Å². The van der Waals surface area contributed by atoms with Crippen LogP contribution in [0.4, 0.5) is 0 Å². The van der Waals surface area contributed by atoms with E-state index in [1.54, 1.807) is 24.3 Å². The molecule has 0 aliphatic carbocycles. The molecule has 1 aromatic carbocycles. The summed E-state index contributed by atoms with van der Waals surface area (Å²) in [5, 5.41) is 0.948. The normalized spacial score (nSPS) is 19.9. The van der Waals surface area contributed by atoms with Gasteiger partial charge in [0.15, 0.2) is 0 Å². The number of carbonyl (C=O) groups excluding carboxylic acids is 1. The lowest BCUT2D eigenvalue weighted by Gasteiger charge is -2.09. The topological polar surface area (TPSA) is 26.3 Å². The minimum absolute atomic E-state index is 0.332. The fourth-order valence-electron chi connectivity index (χ4n) is 1.24. The molecule has 0 saturated heterocycles.